The minimum atomic E-state index is -1.82. The molecule has 2 aliphatic heterocycles. The first kappa shape index (κ1) is 31.0. The molecular weight excluding hydrogens is 580 g/mol. The molecule has 0 saturated carbocycles. The van der Waals surface area contributed by atoms with Gasteiger partial charge in [-0.2, -0.15) is 0 Å². The molecule has 10 heteroatoms. The number of rotatable bonds is 8. The maximum atomic E-state index is 11.4. The molecule has 0 spiro atoms. The number of carboxylic acids is 2. The maximum absolute atomic E-state index is 11.4. The van der Waals surface area contributed by atoms with Crippen LogP contribution in [0.3, 0.4) is 0 Å². The van der Waals surface area contributed by atoms with Crippen molar-refractivity contribution in [1.82, 2.24) is 10.2 Å². The average molecular weight is 617 g/mol. The number of phenolic OH excluding ortho intramolecular Hbond substituents is 1. The number of aryl methyl sites for hydroxylation is 1. The number of carbonyl (C=O) groups excluding carboxylic acids is 1. The van der Waals surface area contributed by atoms with Gasteiger partial charge in [-0.05, 0) is 121 Å². The number of thiophene rings is 1. The summed E-state index contributed by atoms with van der Waals surface area (Å²) >= 11 is 1.72. The lowest BCUT2D eigenvalue weighted by Gasteiger charge is -2.17. The van der Waals surface area contributed by atoms with Crippen molar-refractivity contribution in [1.29, 1.82) is 0 Å². The van der Waals surface area contributed by atoms with Crippen LogP contribution in [0.5, 0.6) is 11.5 Å². The number of fused-ring (bicyclic) bond motifs is 1. The fourth-order valence-corrected chi connectivity index (χ4v) is 6.94. The van der Waals surface area contributed by atoms with Crippen LogP contribution in [-0.2, 0) is 27.3 Å². The molecule has 0 radical (unpaired) electrons. The van der Waals surface area contributed by atoms with Crippen molar-refractivity contribution in [2.24, 2.45) is 0 Å². The van der Waals surface area contributed by atoms with Gasteiger partial charge in [0.1, 0.15) is 18.1 Å². The number of carboxylic acid groups (broad SMARTS) is 2. The summed E-state index contributed by atoms with van der Waals surface area (Å²) in [6.45, 7) is 6.18. The van der Waals surface area contributed by atoms with E-state index in [1.165, 1.54) is 58.4 Å². The highest BCUT2D eigenvalue weighted by atomic mass is 32.1. The van der Waals surface area contributed by atoms with Gasteiger partial charge < -0.3 is 25.4 Å². The zero-order valence-electron chi connectivity index (χ0n) is 24.5. The molecule has 230 valence electrons. The van der Waals surface area contributed by atoms with Crippen molar-refractivity contribution in [2.45, 2.75) is 51.6 Å². The Morgan fingerprint density at radius 1 is 1.00 bits per heavy atom. The number of phenols is 1. The molecule has 2 fully saturated rings. The Kier molecular flexibility index (Phi) is 9.82. The summed E-state index contributed by atoms with van der Waals surface area (Å²) in [4.78, 5) is 33.4. The number of likely N-dealkylation sites (tertiary alicyclic amines) is 1. The van der Waals surface area contributed by atoms with Crippen LogP contribution in [0.1, 0.15) is 47.9 Å². The number of benzene rings is 3. The molecule has 1 atom stereocenters. The van der Waals surface area contributed by atoms with E-state index >= 15 is 0 Å². The lowest BCUT2D eigenvalue weighted by atomic mass is 9.96. The molecule has 2 aliphatic rings. The van der Waals surface area contributed by atoms with Gasteiger partial charge in [-0.3, -0.25) is 9.69 Å². The van der Waals surface area contributed by atoms with E-state index < -0.39 is 11.9 Å². The molecule has 0 aliphatic carbocycles. The van der Waals surface area contributed by atoms with Gasteiger partial charge in [-0.15, -0.1) is 11.3 Å². The fraction of sp³-hybridized carbons (Fsp3) is 0.324. The Balaban J connectivity index is 0.000000584. The number of hydrogen-bond donors (Lipinski definition) is 4. The second-order valence-corrected chi connectivity index (χ2v) is 12.3. The molecule has 4 aromatic rings. The fourth-order valence-electron chi connectivity index (χ4n) is 5.68. The highest BCUT2D eigenvalue weighted by molar-refractivity contribution is 7.22. The molecular formula is C34H36N2O7S. The quantitative estimate of drug-likeness (QED) is 0.188. The van der Waals surface area contributed by atoms with Crippen LogP contribution in [0.4, 0.5) is 0 Å². The van der Waals surface area contributed by atoms with Crippen LogP contribution >= 0.6 is 11.3 Å². The summed E-state index contributed by atoms with van der Waals surface area (Å²) < 4.78 is 7.05. The van der Waals surface area contributed by atoms with Gasteiger partial charge in [0.05, 0.1) is 6.04 Å². The van der Waals surface area contributed by atoms with Crippen molar-refractivity contribution in [3.8, 4) is 21.9 Å². The summed E-state index contributed by atoms with van der Waals surface area (Å²) in [5.74, 6) is -2.44. The number of aliphatic carboxylic acids is 2. The third-order valence-electron chi connectivity index (χ3n) is 7.99. The SMILES string of the molecule is Cc1cc(Cc2c(-c3ccc(OCC4CCC(=O)N4)cc3)sc3cc(O)ccc23)ccc1CN1CCCC1.O=C(O)C(=O)O. The number of aromatic hydroxyl groups is 1. The topological polar surface area (TPSA) is 136 Å². The standard InChI is InChI=1S/C32H34N2O3S.C2H2O4/c1-21-16-22(4-5-24(21)19-34-14-2-3-15-34)17-29-28-12-9-26(35)18-30(28)38-32(29)23-6-10-27(11-7-23)37-20-25-8-13-31(36)33-25;3-1(4)2(5)6/h4-7,9-12,16,18,25,35H,2-3,8,13-15,17,19-20H2,1H3,(H,33,36);(H,3,4)(H,5,6). The molecule has 1 amide bonds. The van der Waals surface area contributed by atoms with Gasteiger partial charge in [0.15, 0.2) is 0 Å². The zero-order valence-corrected chi connectivity index (χ0v) is 25.4. The van der Waals surface area contributed by atoms with Gasteiger partial charge in [0, 0.05) is 22.5 Å². The van der Waals surface area contributed by atoms with Crippen molar-refractivity contribution < 1.29 is 34.4 Å². The number of amides is 1. The number of nitrogens with zero attached hydrogens (tertiary/aromatic N) is 1. The summed E-state index contributed by atoms with van der Waals surface area (Å²) in [5.41, 5.74) is 6.51. The minimum absolute atomic E-state index is 0.0919. The maximum Gasteiger partial charge on any atom is 0.414 e. The van der Waals surface area contributed by atoms with Gasteiger partial charge >= 0.3 is 11.9 Å². The Bertz CT molecular complexity index is 1650. The molecule has 1 aromatic heterocycles. The summed E-state index contributed by atoms with van der Waals surface area (Å²) in [5, 5.41) is 29.1. The Morgan fingerprint density at radius 3 is 2.36 bits per heavy atom. The first-order chi connectivity index (χ1) is 21.2. The highest BCUT2D eigenvalue weighted by Gasteiger charge is 2.21. The smallest absolute Gasteiger partial charge is 0.414 e. The Labute approximate surface area is 259 Å². The average Bonchev–Trinajstić information content (AvgIpc) is 3.75. The third kappa shape index (κ3) is 7.75. The molecule has 1 unspecified atom stereocenters. The van der Waals surface area contributed by atoms with E-state index in [9.17, 15) is 9.90 Å². The monoisotopic (exact) mass is 616 g/mol. The van der Waals surface area contributed by atoms with Crippen molar-refractivity contribution in [3.05, 3.63) is 82.9 Å². The molecule has 4 N–H and O–H groups in total. The first-order valence-electron chi connectivity index (χ1n) is 14.7. The molecule has 9 nitrogen and oxygen atoms in total. The third-order valence-corrected chi connectivity index (χ3v) is 9.24. The molecule has 0 bridgehead atoms. The molecule has 3 aromatic carbocycles. The minimum Gasteiger partial charge on any atom is -0.508 e. The van der Waals surface area contributed by atoms with E-state index in [0.717, 1.165) is 35.4 Å². The van der Waals surface area contributed by atoms with E-state index in [4.69, 9.17) is 24.5 Å². The summed E-state index contributed by atoms with van der Waals surface area (Å²) in [7, 11) is 0. The molecule has 6 rings (SSSR count). The summed E-state index contributed by atoms with van der Waals surface area (Å²) in [6, 6.07) is 21.0. The van der Waals surface area contributed by atoms with Gasteiger partial charge in [-0.1, -0.05) is 18.2 Å². The van der Waals surface area contributed by atoms with E-state index in [2.05, 4.69) is 47.5 Å². The number of ether oxygens (including phenoxy) is 1. The van der Waals surface area contributed by atoms with Gasteiger partial charge in [0.2, 0.25) is 5.91 Å². The van der Waals surface area contributed by atoms with Gasteiger partial charge in [0.25, 0.3) is 0 Å². The predicted molar refractivity (Wildman–Crippen MR) is 169 cm³/mol. The van der Waals surface area contributed by atoms with E-state index in [-0.39, 0.29) is 11.9 Å². The largest absolute Gasteiger partial charge is 0.508 e. The normalized spacial score (nSPS) is 16.4. The van der Waals surface area contributed by atoms with E-state index in [1.807, 2.05) is 24.3 Å². The zero-order chi connectivity index (χ0) is 31.2. The lowest BCUT2D eigenvalue weighted by Crippen LogP contribution is -2.30. The molecule has 44 heavy (non-hydrogen) atoms. The van der Waals surface area contributed by atoms with Gasteiger partial charge in [-0.25, -0.2) is 9.59 Å². The van der Waals surface area contributed by atoms with Crippen molar-refractivity contribution in [3.63, 3.8) is 0 Å². The molecule has 2 saturated heterocycles. The molecule has 3 heterocycles. The second kappa shape index (κ2) is 13.9. The number of hydrogen-bond acceptors (Lipinski definition) is 7. The predicted octanol–water partition coefficient (Wildman–Crippen LogP) is 5.58. The summed E-state index contributed by atoms with van der Waals surface area (Å²) in [6.07, 6.45) is 4.87. The Morgan fingerprint density at radius 2 is 1.73 bits per heavy atom. The number of nitrogens with one attached hydrogen (secondary N) is 1. The van der Waals surface area contributed by atoms with Crippen LogP contribution in [0, 0.1) is 6.92 Å². The second-order valence-electron chi connectivity index (χ2n) is 11.3. The van der Waals surface area contributed by atoms with E-state index in [1.54, 1.807) is 17.4 Å². The lowest BCUT2D eigenvalue weighted by molar-refractivity contribution is -0.159. The van der Waals surface area contributed by atoms with Crippen LogP contribution in [0.2, 0.25) is 0 Å². The Hall–Kier alpha value is -4.41. The van der Waals surface area contributed by atoms with Crippen LogP contribution < -0.4 is 10.1 Å². The van der Waals surface area contributed by atoms with E-state index in [0.29, 0.717) is 18.8 Å². The van der Waals surface area contributed by atoms with Crippen LogP contribution in [0.25, 0.3) is 20.5 Å². The van der Waals surface area contributed by atoms with Crippen LogP contribution in [-0.4, -0.2) is 63.8 Å². The van der Waals surface area contributed by atoms with Crippen LogP contribution in [0.15, 0.2) is 60.7 Å². The highest BCUT2D eigenvalue weighted by Crippen LogP contribution is 2.41. The van der Waals surface area contributed by atoms with Crippen molar-refractivity contribution in [2.75, 3.05) is 19.7 Å². The van der Waals surface area contributed by atoms with Crippen molar-refractivity contribution >= 4 is 39.3 Å². The first-order valence-corrected chi connectivity index (χ1v) is 15.5. The number of carbonyl (C=O) groups is 3.